The number of likely N-dealkylation sites (N-methyl/N-ethyl adjacent to an activating group) is 1. The van der Waals surface area contributed by atoms with E-state index in [4.69, 9.17) is 9.47 Å². The summed E-state index contributed by atoms with van der Waals surface area (Å²) < 4.78 is 10.8. The number of carbonyl (C=O) groups is 2. The highest BCUT2D eigenvalue weighted by Gasteiger charge is 2.20. The molecule has 2 rings (SSSR count). The zero-order chi connectivity index (χ0) is 18.9. The second kappa shape index (κ2) is 10.0. The Bertz CT molecular complexity index is 583. The van der Waals surface area contributed by atoms with Gasteiger partial charge < -0.3 is 24.2 Å². The first-order valence-corrected chi connectivity index (χ1v) is 8.98. The number of methoxy groups -OCH3 is 1. The zero-order valence-corrected chi connectivity index (χ0v) is 15.9. The third-order valence-corrected chi connectivity index (χ3v) is 4.59. The average Bonchev–Trinajstić information content (AvgIpc) is 2.65. The van der Waals surface area contributed by atoms with Crippen LogP contribution in [-0.4, -0.2) is 86.5 Å². The Labute approximate surface area is 155 Å². The Hall–Kier alpha value is -2.28. The van der Waals surface area contributed by atoms with Gasteiger partial charge in [-0.25, -0.2) is 0 Å². The van der Waals surface area contributed by atoms with Crippen molar-refractivity contribution in [2.45, 2.75) is 13.3 Å². The van der Waals surface area contributed by atoms with Crippen LogP contribution in [0.3, 0.4) is 0 Å². The molecule has 1 aliphatic rings. The molecule has 0 unspecified atom stereocenters. The van der Waals surface area contributed by atoms with Crippen LogP contribution in [0.5, 0.6) is 11.5 Å². The lowest BCUT2D eigenvalue weighted by Gasteiger charge is -2.33. The molecule has 2 amide bonds. The average molecular weight is 363 g/mol. The summed E-state index contributed by atoms with van der Waals surface area (Å²) in [4.78, 5) is 29.9. The van der Waals surface area contributed by atoms with Gasteiger partial charge in [0.1, 0.15) is 18.1 Å². The number of nitrogens with zero attached hydrogens (tertiary/aromatic N) is 3. The van der Waals surface area contributed by atoms with Crippen LogP contribution in [0.4, 0.5) is 0 Å². The van der Waals surface area contributed by atoms with Gasteiger partial charge in [0.15, 0.2) is 0 Å². The number of hydrogen-bond acceptors (Lipinski definition) is 5. The topological polar surface area (TPSA) is 62.3 Å². The molecule has 1 aromatic carbocycles. The minimum Gasteiger partial charge on any atom is -0.497 e. The second-order valence-corrected chi connectivity index (χ2v) is 6.46. The molecule has 0 bridgehead atoms. The SMILES string of the molecule is COc1ccc(OCCN(CCC(=O)N2CCN(C)CC2)C(C)=O)cc1. The molecular weight excluding hydrogens is 334 g/mol. The van der Waals surface area contributed by atoms with Crippen molar-refractivity contribution in [3.8, 4) is 11.5 Å². The number of carbonyl (C=O) groups excluding carboxylic acids is 2. The van der Waals surface area contributed by atoms with E-state index in [1.165, 1.54) is 6.92 Å². The Morgan fingerprint density at radius 1 is 1.04 bits per heavy atom. The number of piperazine rings is 1. The molecule has 1 aliphatic heterocycles. The van der Waals surface area contributed by atoms with E-state index in [0.717, 1.165) is 37.7 Å². The standard InChI is InChI=1S/C19H29N3O4/c1-16(23)21(9-8-19(24)22-12-10-20(2)11-13-22)14-15-26-18-6-4-17(25-3)5-7-18/h4-7H,8-15H2,1-3H3. The van der Waals surface area contributed by atoms with Crippen molar-refractivity contribution in [2.75, 3.05) is 60.0 Å². The van der Waals surface area contributed by atoms with Gasteiger partial charge in [0.25, 0.3) is 0 Å². The summed E-state index contributed by atoms with van der Waals surface area (Å²) in [6, 6.07) is 7.31. The number of ether oxygens (including phenoxy) is 2. The monoisotopic (exact) mass is 363 g/mol. The van der Waals surface area contributed by atoms with Gasteiger partial charge in [-0.3, -0.25) is 9.59 Å². The van der Waals surface area contributed by atoms with Crippen molar-refractivity contribution in [1.82, 2.24) is 14.7 Å². The van der Waals surface area contributed by atoms with Crippen LogP contribution in [0.25, 0.3) is 0 Å². The van der Waals surface area contributed by atoms with E-state index in [0.29, 0.717) is 26.1 Å². The third kappa shape index (κ3) is 6.22. The van der Waals surface area contributed by atoms with Gasteiger partial charge in [-0.15, -0.1) is 0 Å². The molecule has 1 saturated heterocycles. The van der Waals surface area contributed by atoms with Crippen LogP contribution < -0.4 is 9.47 Å². The van der Waals surface area contributed by atoms with Gasteiger partial charge in [0.05, 0.1) is 13.7 Å². The predicted molar refractivity (Wildman–Crippen MR) is 99.4 cm³/mol. The van der Waals surface area contributed by atoms with Crippen LogP contribution in [0.2, 0.25) is 0 Å². The van der Waals surface area contributed by atoms with E-state index in [9.17, 15) is 9.59 Å². The summed E-state index contributed by atoms with van der Waals surface area (Å²) >= 11 is 0. The molecule has 144 valence electrons. The van der Waals surface area contributed by atoms with E-state index >= 15 is 0 Å². The van der Waals surface area contributed by atoms with Gasteiger partial charge >= 0.3 is 0 Å². The Kier molecular flexibility index (Phi) is 7.72. The zero-order valence-electron chi connectivity index (χ0n) is 15.9. The van der Waals surface area contributed by atoms with Crippen LogP contribution in [-0.2, 0) is 9.59 Å². The normalized spacial score (nSPS) is 14.8. The lowest BCUT2D eigenvalue weighted by molar-refractivity contribution is -0.134. The fraction of sp³-hybridized carbons (Fsp3) is 0.579. The molecule has 7 heteroatoms. The van der Waals surface area contributed by atoms with Crippen LogP contribution >= 0.6 is 0 Å². The lowest BCUT2D eigenvalue weighted by Crippen LogP contribution is -2.48. The minimum absolute atomic E-state index is 0.0468. The summed E-state index contributed by atoms with van der Waals surface area (Å²) in [7, 11) is 3.67. The smallest absolute Gasteiger partial charge is 0.224 e. The van der Waals surface area contributed by atoms with Gasteiger partial charge in [-0.1, -0.05) is 0 Å². The van der Waals surface area contributed by atoms with Crippen LogP contribution in [0.1, 0.15) is 13.3 Å². The summed E-state index contributed by atoms with van der Waals surface area (Å²) in [5, 5.41) is 0. The molecule has 0 N–H and O–H groups in total. The second-order valence-electron chi connectivity index (χ2n) is 6.46. The number of amides is 2. The third-order valence-electron chi connectivity index (χ3n) is 4.59. The lowest BCUT2D eigenvalue weighted by atomic mass is 10.2. The fourth-order valence-electron chi connectivity index (χ4n) is 2.82. The highest BCUT2D eigenvalue weighted by molar-refractivity contribution is 5.78. The van der Waals surface area contributed by atoms with Crippen LogP contribution in [0.15, 0.2) is 24.3 Å². The van der Waals surface area contributed by atoms with Crippen molar-refractivity contribution < 1.29 is 19.1 Å². The van der Waals surface area contributed by atoms with Crippen molar-refractivity contribution in [3.05, 3.63) is 24.3 Å². The molecular formula is C19H29N3O4. The summed E-state index contributed by atoms with van der Waals surface area (Å²) in [6.45, 7) is 6.11. The molecule has 1 fully saturated rings. The molecule has 0 spiro atoms. The van der Waals surface area contributed by atoms with Crippen molar-refractivity contribution in [2.24, 2.45) is 0 Å². The molecule has 7 nitrogen and oxygen atoms in total. The molecule has 1 heterocycles. The molecule has 0 radical (unpaired) electrons. The predicted octanol–water partition coefficient (Wildman–Crippen LogP) is 1.09. The van der Waals surface area contributed by atoms with E-state index in [2.05, 4.69) is 11.9 Å². The van der Waals surface area contributed by atoms with Crippen molar-refractivity contribution in [3.63, 3.8) is 0 Å². The van der Waals surface area contributed by atoms with E-state index in [1.807, 2.05) is 29.2 Å². The fourth-order valence-corrected chi connectivity index (χ4v) is 2.82. The highest BCUT2D eigenvalue weighted by atomic mass is 16.5. The van der Waals surface area contributed by atoms with Crippen LogP contribution in [0, 0.1) is 0 Å². The summed E-state index contributed by atoms with van der Waals surface area (Å²) in [5.41, 5.74) is 0. The maximum Gasteiger partial charge on any atom is 0.224 e. The van der Waals surface area contributed by atoms with E-state index in [-0.39, 0.29) is 11.8 Å². The Morgan fingerprint density at radius 3 is 2.23 bits per heavy atom. The Morgan fingerprint density at radius 2 is 1.65 bits per heavy atom. The maximum absolute atomic E-state index is 12.3. The molecule has 26 heavy (non-hydrogen) atoms. The first kappa shape index (κ1) is 20.0. The molecule has 1 aromatic rings. The van der Waals surface area contributed by atoms with Gasteiger partial charge in [0, 0.05) is 46.1 Å². The van der Waals surface area contributed by atoms with E-state index < -0.39 is 0 Å². The highest BCUT2D eigenvalue weighted by Crippen LogP contribution is 2.16. The van der Waals surface area contributed by atoms with Crippen molar-refractivity contribution in [1.29, 1.82) is 0 Å². The summed E-state index contributed by atoms with van der Waals surface area (Å²) in [6.07, 6.45) is 0.353. The molecule has 0 aromatic heterocycles. The largest absolute Gasteiger partial charge is 0.497 e. The molecule has 0 aliphatic carbocycles. The molecule has 0 atom stereocenters. The van der Waals surface area contributed by atoms with E-state index in [1.54, 1.807) is 12.0 Å². The number of hydrogen-bond donors (Lipinski definition) is 0. The number of rotatable bonds is 8. The first-order chi connectivity index (χ1) is 12.5. The van der Waals surface area contributed by atoms with Gasteiger partial charge in [0.2, 0.25) is 11.8 Å². The maximum atomic E-state index is 12.3. The van der Waals surface area contributed by atoms with Gasteiger partial charge in [-0.2, -0.15) is 0 Å². The minimum atomic E-state index is -0.0468. The van der Waals surface area contributed by atoms with Crippen molar-refractivity contribution >= 4 is 11.8 Å². The van der Waals surface area contributed by atoms with Gasteiger partial charge in [-0.05, 0) is 31.3 Å². The number of benzene rings is 1. The molecule has 0 saturated carbocycles. The summed E-state index contributed by atoms with van der Waals surface area (Å²) in [5.74, 6) is 1.56. The quantitative estimate of drug-likeness (QED) is 0.692. The first-order valence-electron chi connectivity index (χ1n) is 8.98. The Balaban J connectivity index is 1.73.